The third-order valence-corrected chi connectivity index (χ3v) is 2.94. The Kier molecular flexibility index (Phi) is 6.39. The third kappa shape index (κ3) is 4.85. The summed E-state index contributed by atoms with van der Waals surface area (Å²) in [6.45, 7) is 4.28. The van der Waals surface area contributed by atoms with E-state index >= 15 is 0 Å². The number of nitrogens with one attached hydrogen (secondary N) is 2. The van der Waals surface area contributed by atoms with E-state index in [9.17, 15) is 9.90 Å². The highest BCUT2D eigenvalue weighted by Crippen LogP contribution is 2.10. The molecule has 4 heteroatoms. The highest BCUT2D eigenvalue weighted by Gasteiger charge is 2.13. The Morgan fingerprint density at radius 2 is 2.00 bits per heavy atom. The molecule has 0 radical (unpaired) electrons. The van der Waals surface area contributed by atoms with Gasteiger partial charge in [-0.05, 0) is 18.9 Å². The summed E-state index contributed by atoms with van der Waals surface area (Å²) in [4.78, 5) is 11.7. The van der Waals surface area contributed by atoms with Gasteiger partial charge in [0.25, 0.3) is 0 Å². The second-order valence-corrected chi connectivity index (χ2v) is 4.40. The number of carbonyl (C=O) groups is 1. The summed E-state index contributed by atoms with van der Waals surface area (Å²) in [6.07, 6.45) is 0.982. The number of hydrogen-bond donors (Lipinski definition) is 3. The molecule has 1 aromatic rings. The summed E-state index contributed by atoms with van der Waals surface area (Å²) < 4.78 is 0. The van der Waals surface area contributed by atoms with Gasteiger partial charge in [-0.3, -0.25) is 4.79 Å². The summed E-state index contributed by atoms with van der Waals surface area (Å²) in [6, 6.07) is 9.46. The van der Waals surface area contributed by atoms with Gasteiger partial charge in [0.1, 0.15) is 0 Å². The predicted molar refractivity (Wildman–Crippen MR) is 72.2 cm³/mol. The summed E-state index contributed by atoms with van der Waals surface area (Å²) in [5, 5.41) is 15.2. The van der Waals surface area contributed by atoms with E-state index in [1.54, 1.807) is 0 Å². The quantitative estimate of drug-likeness (QED) is 0.682. The fourth-order valence-corrected chi connectivity index (χ4v) is 1.58. The van der Waals surface area contributed by atoms with Crippen LogP contribution < -0.4 is 10.6 Å². The summed E-state index contributed by atoms with van der Waals surface area (Å²) in [5.41, 5.74) is 0.914. The molecule has 0 aromatic heterocycles. The van der Waals surface area contributed by atoms with Gasteiger partial charge in [0, 0.05) is 6.04 Å². The van der Waals surface area contributed by atoms with Crippen molar-refractivity contribution >= 4 is 5.91 Å². The molecule has 3 N–H and O–H groups in total. The molecule has 0 heterocycles. The van der Waals surface area contributed by atoms with Crippen LogP contribution in [0.1, 0.15) is 31.9 Å². The van der Waals surface area contributed by atoms with Crippen LogP contribution in [0.3, 0.4) is 0 Å². The molecule has 0 aliphatic rings. The lowest BCUT2D eigenvalue weighted by Crippen LogP contribution is -2.40. The van der Waals surface area contributed by atoms with Crippen LogP contribution in [0.15, 0.2) is 30.3 Å². The molecule has 0 saturated carbocycles. The van der Waals surface area contributed by atoms with Crippen molar-refractivity contribution in [2.75, 3.05) is 13.2 Å². The van der Waals surface area contributed by atoms with E-state index in [0.717, 1.165) is 12.0 Å². The molecule has 100 valence electrons. The normalized spacial score (nSPS) is 13.9. The summed E-state index contributed by atoms with van der Waals surface area (Å²) in [5.74, 6) is -0.0989. The highest BCUT2D eigenvalue weighted by atomic mass is 16.3. The van der Waals surface area contributed by atoms with Crippen molar-refractivity contribution < 1.29 is 9.90 Å². The third-order valence-electron chi connectivity index (χ3n) is 2.94. The molecule has 1 amide bonds. The van der Waals surface area contributed by atoms with Crippen molar-refractivity contribution in [3.8, 4) is 0 Å². The molecule has 1 rings (SSSR count). The topological polar surface area (TPSA) is 61.4 Å². The Bertz CT molecular complexity index is 354. The minimum Gasteiger partial charge on any atom is -0.394 e. The molecule has 0 saturated heterocycles. The molecule has 0 fully saturated rings. The van der Waals surface area contributed by atoms with Gasteiger partial charge in [-0.1, -0.05) is 37.3 Å². The van der Waals surface area contributed by atoms with Gasteiger partial charge in [0.2, 0.25) is 5.91 Å². The minimum absolute atomic E-state index is 0.0981. The van der Waals surface area contributed by atoms with Crippen LogP contribution in [0.4, 0.5) is 0 Å². The Morgan fingerprint density at radius 1 is 1.33 bits per heavy atom. The van der Waals surface area contributed by atoms with Gasteiger partial charge in [-0.2, -0.15) is 0 Å². The standard InChI is InChI=1S/C14H22N2O2/c1-3-11(2)15-9-14(18)16-13(10-17)12-7-5-4-6-8-12/h4-8,11,13,15,17H,3,9-10H2,1-2H3,(H,16,18). The van der Waals surface area contributed by atoms with Crippen LogP contribution >= 0.6 is 0 Å². The molecular formula is C14H22N2O2. The molecule has 0 bridgehead atoms. The van der Waals surface area contributed by atoms with E-state index in [4.69, 9.17) is 0 Å². The zero-order chi connectivity index (χ0) is 13.4. The molecule has 0 spiro atoms. The fraction of sp³-hybridized carbons (Fsp3) is 0.500. The van der Waals surface area contributed by atoms with Crippen LogP contribution in [0.25, 0.3) is 0 Å². The molecule has 1 aromatic carbocycles. The monoisotopic (exact) mass is 250 g/mol. The van der Waals surface area contributed by atoms with Gasteiger partial charge in [0.05, 0.1) is 19.2 Å². The maximum absolute atomic E-state index is 11.7. The number of aliphatic hydroxyl groups is 1. The van der Waals surface area contributed by atoms with Crippen LogP contribution in [0.5, 0.6) is 0 Å². The molecule has 18 heavy (non-hydrogen) atoms. The average Bonchev–Trinajstić information content (AvgIpc) is 2.43. The van der Waals surface area contributed by atoms with Crippen molar-refractivity contribution in [3.63, 3.8) is 0 Å². The second kappa shape index (κ2) is 7.84. The first-order valence-corrected chi connectivity index (χ1v) is 6.36. The van der Waals surface area contributed by atoms with Crippen molar-refractivity contribution in [2.45, 2.75) is 32.4 Å². The van der Waals surface area contributed by atoms with E-state index in [1.807, 2.05) is 37.3 Å². The number of hydrogen-bond acceptors (Lipinski definition) is 3. The maximum atomic E-state index is 11.7. The second-order valence-electron chi connectivity index (χ2n) is 4.40. The van der Waals surface area contributed by atoms with E-state index in [-0.39, 0.29) is 25.1 Å². The van der Waals surface area contributed by atoms with Crippen LogP contribution in [0.2, 0.25) is 0 Å². The largest absolute Gasteiger partial charge is 0.394 e. The Balaban J connectivity index is 2.46. The first-order valence-electron chi connectivity index (χ1n) is 6.36. The molecule has 0 aliphatic heterocycles. The van der Waals surface area contributed by atoms with Crippen LogP contribution in [-0.4, -0.2) is 30.2 Å². The first kappa shape index (κ1) is 14.7. The lowest BCUT2D eigenvalue weighted by molar-refractivity contribution is -0.121. The number of amides is 1. The zero-order valence-corrected chi connectivity index (χ0v) is 11.0. The highest BCUT2D eigenvalue weighted by molar-refractivity contribution is 5.78. The maximum Gasteiger partial charge on any atom is 0.234 e. The zero-order valence-electron chi connectivity index (χ0n) is 11.0. The predicted octanol–water partition coefficient (Wildman–Crippen LogP) is 1.22. The van der Waals surface area contributed by atoms with Gasteiger partial charge in [-0.25, -0.2) is 0 Å². The van der Waals surface area contributed by atoms with E-state index in [0.29, 0.717) is 6.04 Å². The number of carbonyl (C=O) groups excluding carboxylic acids is 1. The van der Waals surface area contributed by atoms with Crippen molar-refractivity contribution in [2.24, 2.45) is 0 Å². The van der Waals surface area contributed by atoms with E-state index in [2.05, 4.69) is 17.6 Å². The number of benzene rings is 1. The Labute approximate surface area is 108 Å². The van der Waals surface area contributed by atoms with Crippen LogP contribution in [0, 0.1) is 0 Å². The molecule has 4 nitrogen and oxygen atoms in total. The lowest BCUT2D eigenvalue weighted by atomic mass is 10.1. The first-order chi connectivity index (χ1) is 8.67. The Hall–Kier alpha value is -1.39. The van der Waals surface area contributed by atoms with Gasteiger partial charge >= 0.3 is 0 Å². The van der Waals surface area contributed by atoms with Gasteiger partial charge in [0.15, 0.2) is 0 Å². The number of rotatable bonds is 7. The van der Waals surface area contributed by atoms with Crippen molar-refractivity contribution in [3.05, 3.63) is 35.9 Å². The van der Waals surface area contributed by atoms with Gasteiger partial charge < -0.3 is 15.7 Å². The van der Waals surface area contributed by atoms with E-state index in [1.165, 1.54) is 0 Å². The lowest BCUT2D eigenvalue weighted by Gasteiger charge is -2.18. The molecule has 2 atom stereocenters. The van der Waals surface area contributed by atoms with Crippen molar-refractivity contribution in [1.82, 2.24) is 10.6 Å². The summed E-state index contributed by atoms with van der Waals surface area (Å²) in [7, 11) is 0. The molecular weight excluding hydrogens is 228 g/mol. The molecule has 0 aliphatic carbocycles. The number of aliphatic hydroxyl groups excluding tert-OH is 1. The smallest absolute Gasteiger partial charge is 0.234 e. The SMILES string of the molecule is CCC(C)NCC(=O)NC(CO)c1ccccc1. The van der Waals surface area contributed by atoms with Crippen LogP contribution in [-0.2, 0) is 4.79 Å². The average molecular weight is 250 g/mol. The van der Waals surface area contributed by atoms with Crippen molar-refractivity contribution in [1.29, 1.82) is 0 Å². The van der Waals surface area contributed by atoms with Gasteiger partial charge in [-0.15, -0.1) is 0 Å². The minimum atomic E-state index is -0.336. The Morgan fingerprint density at radius 3 is 2.56 bits per heavy atom. The fourth-order valence-electron chi connectivity index (χ4n) is 1.58. The summed E-state index contributed by atoms with van der Waals surface area (Å²) >= 11 is 0. The van der Waals surface area contributed by atoms with E-state index < -0.39 is 0 Å². The molecule has 2 unspecified atom stereocenters.